The summed E-state index contributed by atoms with van der Waals surface area (Å²) < 4.78 is 41.3. The highest BCUT2D eigenvalue weighted by molar-refractivity contribution is 7.99. The molecule has 0 aliphatic carbocycles. The molecule has 2 aromatic heterocycles. The Balaban J connectivity index is 1.71. The van der Waals surface area contributed by atoms with Crippen molar-refractivity contribution >= 4 is 17.7 Å². The van der Waals surface area contributed by atoms with Gasteiger partial charge in [0.2, 0.25) is 5.91 Å². The first-order valence-electron chi connectivity index (χ1n) is 9.37. The molecular formula is C20H18F3N5OS. The molecule has 3 heterocycles. The molecule has 0 unspecified atom stereocenters. The lowest BCUT2D eigenvalue weighted by Gasteiger charge is -2.15. The number of carbonyl (C=O) groups excluding carboxylic acids is 1. The second kappa shape index (κ2) is 8.47. The Morgan fingerprint density at radius 2 is 1.80 bits per heavy atom. The van der Waals surface area contributed by atoms with E-state index in [0.717, 1.165) is 38.1 Å². The van der Waals surface area contributed by atoms with Crippen molar-refractivity contribution in [3.05, 3.63) is 54.4 Å². The van der Waals surface area contributed by atoms with Crippen LogP contribution in [0.1, 0.15) is 18.4 Å². The van der Waals surface area contributed by atoms with Gasteiger partial charge in [0.05, 0.1) is 17.0 Å². The van der Waals surface area contributed by atoms with E-state index in [9.17, 15) is 18.0 Å². The van der Waals surface area contributed by atoms with Gasteiger partial charge >= 0.3 is 6.18 Å². The third kappa shape index (κ3) is 4.33. The van der Waals surface area contributed by atoms with Gasteiger partial charge in [0.25, 0.3) is 0 Å². The molecular weight excluding hydrogens is 415 g/mol. The smallest absolute Gasteiger partial charge is 0.342 e. The number of nitrogens with zero attached hydrogens (tertiary/aromatic N) is 5. The fourth-order valence-electron chi connectivity index (χ4n) is 3.29. The predicted molar refractivity (Wildman–Crippen MR) is 106 cm³/mol. The molecule has 0 radical (unpaired) electrons. The molecule has 4 rings (SSSR count). The van der Waals surface area contributed by atoms with Crippen molar-refractivity contribution in [2.24, 2.45) is 0 Å². The van der Waals surface area contributed by atoms with Crippen LogP contribution in [0.2, 0.25) is 0 Å². The quantitative estimate of drug-likeness (QED) is 0.568. The van der Waals surface area contributed by atoms with Gasteiger partial charge < -0.3 is 4.90 Å². The van der Waals surface area contributed by atoms with Crippen LogP contribution in [0.5, 0.6) is 0 Å². The molecule has 1 fully saturated rings. The molecule has 0 spiro atoms. The third-order valence-electron chi connectivity index (χ3n) is 4.79. The summed E-state index contributed by atoms with van der Waals surface area (Å²) in [4.78, 5) is 18.2. The zero-order valence-corrected chi connectivity index (χ0v) is 16.7. The number of amides is 1. The standard InChI is InChI=1S/C20H18F3N5OS/c21-20(22,23)15-4-3-5-16(12-15)28-18(14-6-8-24-9-7-14)25-26-19(28)30-13-17(29)27-10-1-2-11-27/h3-9,12H,1-2,10-11,13H2. The highest BCUT2D eigenvalue weighted by Crippen LogP contribution is 2.33. The molecule has 1 aliphatic rings. The number of rotatable bonds is 5. The normalized spacial score (nSPS) is 14.3. The highest BCUT2D eigenvalue weighted by Gasteiger charge is 2.31. The lowest BCUT2D eigenvalue weighted by Crippen LogP contribution is -2.29. The zero-order chi connectivity index (χ0) is 21.1. The molecule has 0 bridgehead atoms. The van der Waals surface area contributed by atoms with Crippen molar-refractivity contribution in [3.8, 4) is 17.1 Å². The van der Waals surface area contributed by atoms with Crippen LogP contribution in [0.15, 0.2) is 53.9 Å². The van der Waals surface area contributed by atoms with Crippen molar-refractivity contribution in [2.45, 2.75) is 24.2 Å². The average molecular weight is 433 g/mol. The van der Waals surface area contributed by atoms with E-state index in [1.807, 2.05) is 0 Å². The molecule has 1 amide bonds. The Hall–Kier alpha value is -2.88. The number of thioether (sulfide) groups is 1. The molecule has 1 saturated heterocycles. The molecule has 0 saturated carbocycles. The average Bonchev–Trinajstić information content (AvgIpc) is 3.42. The number of aromatic nitrogens is 4. The second-order valence-corrected chi connectivity index (χ2v) is 7.74. The van der Waals surface area contributed by atoms with Crippen LogP contribution >= 0.6 is 11.8 Å². The van der Waals surface area contributed by atoms with Gasteiger partial charge in [-0.25, -0.2) is 0 Å². The fraction of sp³-hybridized carbons (Fsp3) is 0.300. The van der Waals surface area contributed by atoms with Crippen LogP contribution in [0.25, 0.3) is 17.1 Å². The predicted octanol–water partition coefficient (Wildman–Crippen LogP) is 4.06. The van der Waals surface area contributed by atoms with E-state index in [1.54, 1.807) is 40.1 Å². The summed E-state index contributed by atoms with van der Waals surface area (Å²) in [7, 11) is 0. The molecule has 0 atom stereocenters. The fourth-order valence-corrected chi connectivity index (χ4v) is 4.14. The van der Waals surface area contributed by atoms with Gasteiger partial charge in [-0.3, -0.25) is 14.3 Å². The first-order valence-corrected chi connectivity index (χ1v) is 10.4. The number of carbonyl (C=O) groups is 1. The maximum absolute atomic E-state index is 13.3. The minimum absolute atomic E-state index is 0.0125. The first kappa shape index (κ1) is 20.4. The third-order valence-corrected chi connectivity index (χ3v) is 5.70. The Morgan fingerprint density at radius 1 is 1.07 bits per heavy atom. The van der Waals surface area contributed by atoms with Gasteiger partial charge in [0, 0.05) is 31.0 Å². The van der Waals surface area contributed by atoms with Gasteiger partial charge in [0.15, 0.2) is 11.0 Å². The minimum atomic E-state index is -4.47. The number of hydrogen-bond acceptors (Lipinski definition) is 5. The Bertz CT molecular complexity index is 1030. The van der Waals surface area contributed by atoms with Crippen LogP contribution in [0.3, 0.4) is 0 Å². The van der Waals surface area contributed by atoms with Gasteiger partial charge in [0.1, 0.15) is 0 Å². The topological polar surface area (TPSA) is 63.9 Å². The summed E-state index contributed by atoms with van der Waals surface area (Å²) in [5.41, 5.74) is 0.170. The van der Waals surface area contributed by atoms with Crippen LogP contribution in [0, 0.1) is 0 Å². The van der Waals surface area contributed by atoms with Crippen LogP contribution in [0.4, 0.5) is 13.2 Å². The number of likely N-dealkylation sites (tertiary alicyclic amines) is 1. The first-order chi connectivity index (χ1) is 14.4. The van der Waals surface area contributed by atoms with Crippen molar-refractivity contribution in [1.29, 1.82) is 0 Å². The van der Waals surface area contributed by atoms with E-state index in [-0.39, 0.29) is 17.3 Å². The van der Waals surface area contributed by atoms with Crippen molar-refractivity contribution in [1.82, 2.24) is 24.6 Å². The van der Waals surface area contributed by atoms with Crippen LogP contribution in [-0.2, 0) is 11.0 Å². The molecule has 10 heteroatoms. The van der Waals surface area contributed by atoms with Crippen molar-refractivity contribution < 1.29 is 18.0 Å². The summed E-state index contributed by atoms with van der Waals surface area (Å²) in [6.45, 7) is 1.48. The number of hydrogen-bond donors (Lipinski definition) is 0. The Kier molecular flexibility index (Phi) is 5.76. The minimum Gasteiger partial charge on any atom is -0.342 e. The number of alkyl halides is 3. The van der Waals surface area contributed by atoms with E-state index in [2.05, 4.69) is 15.2 Å². The Labute approximate surface area is 175 Å². The van der Waals surface area contributed by atoms with Crippen LogP contribution < -0.4 is 0 Å². The van der Waals surface area contributed by atoms with E-state index < -0.39 is 11.7 Å². The summed E-state index contributed by atoms with van der Waals surface area (Å²) in [5.74, 6) is 0.516. The molecule has 0 N–H and O–H groups in total. The van der Waals surface area contributed by atoms with Gasteiger partial charge in [-0.1, -0.05) is 17.8 Å². The van der Waals surface area contributed by atoms with Crippen molar-refractivity contribution in [2.75, 3.05) is 18.8 Å². The second-order valence-electron chi connectivity index (χ2n) is 6.80. The monoisotopic (exact) mass is 433 g/mol. The molecule has 1 aromatic carbocycles. The van der Waals surface area contributed by atoms with E-state index in [0.29, 0.717) is 16.5 Å². The van der Waals surface area contributed by atoms with Crippen molar-refractivity contribution in [3.63, 3.8) is 0 Å². The SMILES string of the molecule is O=C(CSc1nnc(-c2ccncc2)n1-c1cccc(C(F)(F)F)c1)N1CCCC1. The molecule has 1 aliphatic heterocycles. The van der Waals surface area contributed by atoms with E-state index in [1.165, 1.54) is 17.8 Å². The number of benzene rings is 1. The highest BCUT2D eigenvalue weighted by atomic mass is 32.2. The molecule has 30 heavy (non-hydrogen) atoms. The summed E-state index contributed by atoms with van der Waals surface area (Å²) >= 11 is 1.17. The lowest BCUT2D eigenvalue weighted by molar-refractivity contribution is -0.137. The summed E-state index contributed by atoms with van der Waals surface area (Å²) in [6.07, 6.45) is 0.653. The number of pyridine rings is 1. The lowest BCUT2D eigenvalue weighted by atomic mass is 10.2. The van der Waals surface area contributed by atoms with Crippen LogP contribution in [-0.4, -0.2) is 49.4 Å². The van der Waals surface area contributed by atoms with Gasteiger partial charge in [-0.15, -0.1) is 10.2 Å². The zero-order valence-electron chi connectivity index (χ0n) is 15.8. The largest absolute Gasteiger partial charge is 0.416 e. The Morgan fingerprint density at radius 3 is 2.50 bits per heavy atom. The summed E-state index contributed by atoms with van der Waals surface area (Å²) in [6, 6.07) is 8.40. The van der Waals surface area contributed by atoms with E-state index >= 15 is 0 Å². The van der Waals surface area contributed by atoms with Gasteiger partial charge in [-0.05, 0) is 43.2 Å². The maximum atomic E-state index is 13.3. The van der Waals surface area contributed by atoms with Gasteiger partial charge in [-0.2, -0.15) is 13.2 Å². The van der Waals surface area contributed by atoms with E-state index in [4.69, 9.17) is 0 Å². The summed E-state index contributed by atoms with van der Waals surface area (Å²) in [5, 5.41) is 8.71. The molecule has 156 valence electrons. The molecule has 6 nitrogen and oxygen atoms in total. The maximum Gasteiger partial charge on any atom is 0.416 e. The number of halogens is 3. The molecule has 3 aromatic rings.